The number of hydrogen-bond donors (Lipinski definition) is 5. The summed E-state index contributed by atoms with van der Waals surface area (Å²) in [4.78, 5) is 62.4. The molecular formula is C15H19N5Na3O12P. The van der Waals surface area contributed by atoms with E-state index in [1.54, 1.807) is 0 Å². The summed E-state index contributed by atoms with van der Waals surface area (Å²) in [5.41, 5.74) is 4.54. The molecule has 17 nitrogen and oxygen atoms in total. The van der Waals surface area contributed by atoms with Crippen LogP contribution in [0.3, 0.4) is 0 Å². The fraction of sp³-hybridized carbons (Fsp3) is 0.533. The number of aliphatic hydroxyl groups excluding tert-OH is 2. The van der Waals surface area contributed by atoms with Gasteiger partial charge in [-0.05, 0) is 6.42 Å². The molecule has 0 radical (unpaired) electrons. The van der Waals surface area contributed by atoms with Gasteiger partial charge in [0.2, 0.25) is 0 Å². The Labute approximate surface area is 268 Å². The molecule has 6 N–H and O–H groups in total. The third-order valence-electron chi connectivity index (χ3n) is 4.35. The molecule has 1 aliphatic heterocycles. The zero-order valence-electron chi connectivity index (χ0n) is 19.5. The summed E-state index contributed by atoms with van der Waals surface area (Å²) in [5.74, 6) is -2.47. The summed E-state index contributed by atoms with van der Waals surface area (Å²) in [6.07, 6.45) is -3.44. The molecule has 0 spiro atoms. The molecule has 0 bridgehead atoms. The number of carboxylic acid groups (broad SMARTS) is 2. The maximum atomic E-state index is 11.6. The second-order valence-corrected chi connectivity index (χ2v) is 7.86. The Morgan fingerprint density at radius 1 is 1.25 bits per heavy atom. The summed E-state index contributed by atoms with van der Waals surface area (Å²) in [7, 11) is -5.24. The number of fused-ring (bicyclic) bond motifs is 1. The zero-order chi connectivity index (χ0) is 24.9. The number of hydrogen-bond acceptors (Lipinski definition) is 14. The first kappa shape index (κ1) is 38.4. The van der Waals surface area contributed by atoms with Crippen molar-refractivity contribution in [1.29, 1.82) is 0 Å². The van der Waals surface area contributed by atoms with Crippen LogP contribution in [0.1, 0.15) is 19.1 Å². The van der Waals surface area contributed by atoms with Crippen molar-refractivity contribution in [2.24, 2.45) is 5.73 Å². The van der Waals surface area contributed by atoms with Gasteiger partial charge in [0.05, 0.1) is 33.1 Å². The first-order chi connectivity index (χ1) is 15.3. The van der Waals surface area contributed by atoms with Crippen molar-refractivity contribution in [3.63, 3.8) is 0 Å². The van der Waals surface area contributed by atoms with Crippen molar-refractivity contribution in [2.75, 3.05) is 6.61 Å². The summed E-state index contributed by atoms with van der Waals surface area (Å²) >= 11 is 0. The van der Waals surface area contributed by atoms with E-state index in [4.69, 9.17) is 15.6 Å². The quantitative estimate of drug-likeness (QED) is 0.148. The Bertz CT molecular complexity index is 1100. The van der Waals surface area contributed by atoms with Crippen molar-refractivity contribution >= 4 is 30.9 Å². The molecule has 2 aromatic heterocycles. The molecule has 0 amide bonds. The standard InChI is InChI=1S/C10H13N4O8P.C5H9NO4.3Na/c15-6-4(1-21-23(18,19)20)22-10(7(6)16)14-3-13-5-8(14)11-2-12-9(5)17;6-3(5(9)10)1-2-4(7)8;;;/h2-4,6-7,10,15-16H,1H2,(H,11,12,17)(H2,18,19,20);3H,1-2,6H2,(H,7,8)(H,9,10);;;/q;;3*+1/p-3/t4-,6-,7-,10-;3-;;;/m10.../s1. The molecule has 0 unspecified atom stereocenters. The molecule has 1 saturated heterocycles. The summed E-state index contributed by atoms with van der Waals surface area (Å²) < 4.78 is 21.1. The number of rotatable bonds is 8. The average molecular weight is 561 g/mol. The molecule has 5 atom stereocenters. The molecule has 184 valence electrons. The van der Waals surface area contributed by atoms with E-state index in [1.807, 2.05) is 0 Å². The number of nitrogens with zero attached hydrogens (tertiary/aromatic N) is 3. The van der Waals surface area contributed by atoms with E-state index >= 15 is 0 Å². The van der Waals surface area contributed by atoms with Gasteiger partial charge in [-0.1, -0.05) is 0 Å². The van der Waals surface area contributed by atoms with Gasteiger partial charge in [-0.2, -0.15) is 0 Å². The fourth-order valence-corrected chi connectivity index (χ4v) is 3.04. The van der Waals surface area contributed by atoms with Crippen LogP contribution in [0.2, 0.25) is 0 Å². The molecule has 1 fully saturated rings. The number of carboxylic acids is 2. The predicted octanol–water partition coefficient (Wildman–Crippen LogP) is -14.5. The first-order valence-electron chi connectivity index (χ1n) is 9.08. The monoisotopic (exact) mass is 561 g/mol. The van der Waals surface area contributed by atoms with Crippen LogP contribution >= 0.6 is 7.82 Å². The number of ether oxygens (including phenoxy) is 1. The van der Waals surface area contributed by atoms with Gasteiger partial charge in [0.15, 0.2) is 17.4 Å². The minimum Gasteiger partial charge on any atom is -0.790 e. The number of aromatic nitrogens is 4. The number of H-pyrrole nitrogens is 1. The molecule has 21 heteroatoms. The minimum atomic E-state index is -5.24. The second kappa shape index (κ2) is 17.0. The third kappa shape index (κ3) is 11.2. The van der Waals surface area contributed by atoms with E-state index in [0.717, 1.165) is 6.33 Å². The van der Waals surface area contributed by atoms with Crippen LogP contribution in [0.15, 0.2) is 17.4 Å². The Morgan fingerprint density at radius 3 is 2.39 bits per heavy atom. The summed E-state index contributed by atoms with van der Waals surface area (Å²) in [6, 6.07) is -1.17. The maximum absolute atomic E-state index is 11.6. The fourth-order valence-electron chi connectivity index (χ4n) is 2.71. The summed E-state index contributed by atoms with van der Waals surface area (Å²) in [5, 5.41) is 37.9. The van der Waals surface area contributed by atoms with Crippen molar-refractivity contribution in [3.8, 4) is 0 Å². The number of carbonyl (C=O) groups is 2. The Balaban J connectivity index is 0. The van der Waals surface area contributed by atoms with E-state index in [-0.39, 0.29) is 113 Å². The van der Waals surface area contributed by atoms with E-state index in [1.165, 1.54) is 10.9 Å². The Morgan fingerprint density at radius 2 is 1.86 bits per heavy atom. The van der Waals surface area contributed by atoms with Gasteiger partial charge in [-0.25, -0.2) is 9.97 Å². The van der Waals surface area contributed by atoms with Gasteiger partial charge in [-0.15, -0.1) is 0 Å². The largest absolute Gasteiger partial charge is 1.00 e. The molecule has 2 aromatic rings. The number of aliphatic carboxylic acids is 2. The SMILES string of the molecule is N[C@@H](CCC(=O)O)C(=O)[O-].O=c1[nH]cnc2c1ncn2[C@@H]1O[C@H](COP(=O)([O-])[O-])[C@@H](O)[C@H]1O.[Na+].[Na+].[Na+]. The second-order valence-electron chi connectivity index (χ2n) is 6.70. The van der Waals surface area contributed by atoms with Gasteiger partial charge >= 0.3 is 94.6 Å². The normalized spacial score (nSPS) is 21.7. The summed E-state index contributed by atoms with van der Waals surface area (Å²) in [6.45, 7) is -0.750. The van der Waals surface area contributed by atoms with Crippen LogP contribution in [0, 0.1) is 0 Å². The van der Waals surface area contributed by atoms with Crippen LogP contribution in [-0.4, -0.2) is 77.7 Å². The van der Waals surface area contributed by atoms with E-state index in [2.05, 4.69) is 19.5 Å². The average Bonchev–Trinajstić information content (AvgIpc) is 3.27. The molecule has 36 heavy (non-hydrogen) atoms. The van der Waals surface area contributed by atoms with Crippen LogP contribution in [0.4, 0.5) is 0 Å². The molecule has 3 rings (SSSR count). The molecule has 0 aliphatic carbocycles. The first-order valence-corrected chi connectivity index (χ1v) is 10.5. The maximum Gasteiger partial charge on any atom is 1.00 e. The number of aromatic amines is 1. The number of phosphoric acid groups is 1. The van der Waals surface area contributed by atoms with E-state index < -0.39 is 62.5 Å². The Hall–Kier alpha value is 0.240. The minimum absolute atomic E-state index is 0. The molecule has 3 heterocycles. The number of phosphoric ester groups is 1. The van der Waals surface area contributed by atoms with E-state index in [0.29, 0.717) is 0 Å². The third-order valence-corrected chi connectivity index (χ3v) is 4.81. The molecule has 0 saturated carbocycles. The topological polar surface area (TPSA) is 289 Å². The van der Waals surface area contributed by atoms with Gasteiger partial charge in [0, 0.05) is 12.5 Å². The number of aliphatic hydroxyl groups is 2. The van der Waals surface area contributed by atoms with Crippen LogP contribution in [0.5, 0.6) is 0 Å². The van der Waals surface area contributed by atoms with Crippen molar-refractivity contribution in [1.82, 2.24) is 19.5 Å². The number of nitrogens with one attached hydrogen (secondary N) is 1. The van der Waals surface area contributed by atoms with Crippen LogP contribution in [-0.2, 0) is 23.4 Å². The van der Waals surface area contributed by atoms with Gasteiger partial charge in [0.25, 0.3) is 5.56 Å². The van der Waals surface area contributed by atoms with Crippen LogP contribution in [0.25, 0.3) is 11.2 Å². The zero-order valence-corrected chi connectivity index (χ0v) is 26.4. The number of carbonyl (C=O) groups excluding carboxylic acids is 1. The molecule has 0 aromatic carbocycles. The molecular weight excluding hydrogens is 542 g/mol. The van der Waals surface area contributed by atoms with Gasteiger partial charge in [-0.3, -0.25) is 14.2 Å². The molecule has 1 aliphatic rings. The predicted molar refractivity (Wildman–Crippen MR) is 97.5 cm³/mol. The smallest absolute Gasteiger partial charge is 0.790 e. The number of imidazole rings is 1. The van der Waals surface area contributed by atoms with Gasteiger partial charge < -0.3 is 59.6 Å². The Kier molecular flexibility index (Phi) is 18.2. The van der Waals surface area contributed by atoms with Crippen molar-refractivity contribution in [2.45, 2.75) is 43.4 Å². The van der Waals surface area contributed by atoms with Crippen LogP contribution < -0.4 is 115 Å². The van der Waals surface area contributed by atoms with Crippen molar-refractivity contribution in [3.05, 3.63) is 23.0 Å². The van der Waals surface area contributed by atoms with Gasteiger partial charge in [0.1, 0.15) is 18.3 Å². The van der Waals surface area contributed by atoms with Crippen molar-refractivity contribution < 1.29 is 142 Å². The van der Waals surface area contributed by atoms with E-state index in [9.17, 15) is 44.1 Å². The number of nitrogens with two attached hydrogens (primary N) is 1.